The molecule has 0 unspecified atom stereocenters. The molecule has 0 aromatic rings. The minimum absolute atomic E-state index is 0.459. The summed E-state index contributed by atoms with van der Waals surface area (Å²) in [6.07, 6.45) is -12.3. The van der Waals surface area contributed by atoms with Crippen molar-refractivity contribution in [3.8, 4) is 0 Å². The average Bonchev–Trinajstić information content (AvgIpc) is 2.62. The van der Waals surface area contributed by atoms with E-state index in [1.165, 1.54) is 0 Å². The van der Waals surface area contributed by atoms with Gasteiger partial charge in [-0.1, -0.05) is 0 Å². The second kappa shape index (κ2) is 9.52. The zero-order valence-electron chi connectivity index (χ0n) is 17.7. The molecule has 0 aliphatic carbocycles. The van der Waals surface area contributed by atoms with Crippen LogP contribution in [-0.2, 0) is 4.79 Å². The molecule has 0 aromatic heterocycles. The summed E-state index contributed by atoms with van der Waals surface area (Å²) >= 11 is 0. The van der Waals surface area contributed by atoms with Crippen molar-refractivity contribution in [2.24, 2.45) is 0 Å². The number of carboxylic acids is 1. The van der Waals surface area contributed by atoms with Gasteiger partial charge in [-0.05, 0) is 12.8 Å². The number of carbonyl (C=O) groups excluding carboxylic acids is 1. The zero-order valence-corrected chi connectivity index (χ0v) is 17.7. The van der Waals surface area contributed by atoms with E-state index in [0.717, 1.165) is 14.1 Å². The van der Waals surface area contributed by atoms with Crippen LogP contribution in [0.15, 0.2) is 0 Å². The molecule has 0 fully saturated rings. The van der Waals surface area contributed by atoms with E-state index in [-0.39, 0.29) is 0 Å². The van der Waals surface area contributed by atoms with Gasteiger partial charge in [-0.2, -0.15) is 74.6 Å². The average molecular weight is 577 g/mol. The molecular formula is C16H16F17NO2. The minimum Gasteiger partial charge on any atom is -0.544 e. The van der Waals surface area contributed by atoms with Crippen LogP contribution in [0.3, 0.4) is 0 Å². The molecule has 20 heteroatoms. The highest BCUT2D eigenvalue weighted by Crippen LogP contribution is 2.64. The SMILES string of the molecule is C[N+](C)(CCCCC(F)(F)C(F)(F)C(F)(F)C(F)(F)C(F)(F)C(F)(F)C(F)(F)C(F)(F)F)CC(=O)[O-]. The van der Waals surface area contributed by atoms with E-state index < -0.39 is 90.4 Å². The van der Waals surface area contributed by atoms with Gasteiger partial charge in [0.05, 0.1) is 26.6 Å². The highest BCUT2D eigenvalue weighted by molar-refractivity contribution is 5.65. The van der Waals surface area contributed by atoms with Gasteiger partial charge in [0.2, 0.25) is 0 Å². The lowest BCUT2D eigenvalue weighted by Gasteiger charge is -2.42. The Morgan fingerprint density at radius 3 is 1.25 bits per heavy atom. The van der Waals surface area contributed by atoms with Crippen LogP contribution in [0.2, 0.25) is 0 Å². The second-order valence-corrected chi connectivity index (χ2v) is 8.30. The monoisotopic (exact) mass is 577 g/mol. The topological polar surface area (TPSA) is 40.1 Å². The fraction of sp³-hybridized carbons (Fsp3) is 0.938. The summed E-state index contributed by atoms with van der Waals surface area (Å²) in [5, 5.41) is 10.5. The van der Waals surface area contributed by atoms with Crippen LogP contribution in [0.5, 0.6) is 0 Å². The molecule has 0 amide bonds. The molecule has 0 rings (SSSR count). The molecule has 36 heavy (non-hydrogen) atoms. The van der Waals surface area contributed by atoms with Gasteiger partial charge in [-0.25, -0.2) is 0 Å². The molecular weight excluding hydrogens is 561 g/mol. The number of nitrogens with zero attached hydrogens (tertiary/aromatic N) is 1. The van der Waals surface area contributed by atoms with E-state index in [1.54, 1.807) is 0 Å². The molecule has 0 saturated heterocycles. The molecule has 216 valence electrons. The summed E-state index contributed by atoms with van der Waals surface area (Å²) in [5.74, 6) is -58.0. The van der Waals surface area contributed by atoms with E-state index >= 15 is 0 Å². The summed E-state index contributed by atoms with van der Waals surface area (Å²) in [5.41, 5.74) is 0. The normalized spacial score (nSPS) is 15.9. The van der Waals surface area contributed by atoms with Crippen LogP contribution in [0.1, 0.15) is 19.3 Å². The van der Waals surface area contributed by atoms with Crippen molar-refractivity contribution in [2.75, 3.05) is 27.2 Å². The Labute approximate surface area is 190 Å². The first kappa shape index (κ1) is 34.2. The van der Waals surface area contributed by atoms with Crippen LogP contribution in [-0.4, -0.2) is 85.3 Å². The molecule has 0 saturated carbocycles. The number of hydrogen-bond acceptors (Lipinski definition) is 2. The van der Waals surface area contributed by atoms with Gasteiger partial charge in [0, 0.05) is 6.42 Å². The third-order valence-corrected chi connectivity index (χ3v) is 4.85. The highest BCUT2D eigenvalue weighted by Gasteiger charge is 2.95. The van der Waals surface area contributed by atoms with E-state index in [2.05, 4.69) is 0 Å². The van der Waals surface area contributed by atoms with Crippen molar-refractivity contribution in [2.45, 2.75) is 66.9 Å². The fourth-order valence-electron chi connectivity index (χ4n) is 2.67. The number of aliphatic carboxylic acids is 1. The van der Waals surface area contributed by atoms with Gasteiger partial charge in [0.25, 0.3) is 0 Å². The number of alkyl halides is 17. The van der Waals surface area contributed by atoms with Gasteiger partial charge < -0.3 is 14.4 Å². The molecule has 0 N–H and O–H groups in total. The lowest BCUT2D eigenvalue weighted by atomic mass is 9.88. The van der Waals surface area contributed by atoms with Gasteiger partial charge >= 0.3 is 47.6 Å². The third-order valence-electron chi connectivity index (χ3n) is 4.85. The molecule has 0 bridgehead atoms. The summed E-state index contributed by atoms with van der Waals surface area (Å²) in [4.78, 5) is 10.5. The molecule has 3 nitrogen and oxygen atoms in total. The lowest BCUT2D eigenvalue weighted by molar-refractivity contribution is -0.885. The van der Waals surface area contributed by atoms with E-state index in [1.807, 2.05) is 0 Å². The number of rotatable bonds is 13. The standard InChI is InChI=1S/C16H16F17NO2/c1-34(2,7-8(35)36)6-4-3-5-9(17,18)10(19,20)11(21,22)12(23,24)13(25,26)14(27,28)15(29,30)16(31,32)33/h3-7H2,1-2H3. The maximum absolute atomic E-state index is 13.7. The predicted octanol–water partition coefficient (Wildman–Crippen LogP) is 4.99. The summed E-state index contributed by atoms with van der Waals surface area (Å²) < 4.78 is 223. The number of carbonyl (C=O) groups is 1. The first-order chi connectivity index (χ1) is 15.4. The van der Waals surface area contributed by atoms with E-state index in [4.69, 9.17) is 0 Å². The Bertz CT molecular complexity index is 788. The molecule has 0 radical (unpaired) electrons. The molecule has 0 heterocycles. The Hall–Kier alpha value is -1.76. The quantitative estimate of drug-likeness (QED) is 0.176. The van der Waals surface area contributed by atoms with Crippen molar-refractivity contribution >= 4 is 5.97 Å². The maximum Gasteiger partial charge on any atom is 0.460 e. The number of halogens is 17. The van der Waals surface area contributed by atoms with Crippen LogP contribution in [0.4, 0.5) is 74.6 Å². The van der Waals surface area contributed by atoms with Gasteiger partial charge in [0.1, 0.15) is 6.54 Å². The Kier molecular flexibility index (Phi) is 9.06. The number of likely N-dealkylation sites (N-methyl/N-ethyl adjacent to an activating group) is 1. The molecule has 0 atom stereocenters. The van der Waals surface area contributed by atoms with Crippen molar-refractivity contribution < 1.29 is 89.0 Å². The summed E-state index contributed by atoms with van der Waals surface area (Å²) in [6.45, 7) is -1.23. The Morgan fingerprint density at radius 2 is 0.917 bits per heavy atom. The van der Waals surface area contributed by atoms with Crippen molar-refractivity contribution in [3.63, 3.8) is 0 Å². The van der Waals surface area contributed by atoms with Gasteiger partial charge in [0.15, 0.2) is 0 Å². The number of quaternary nitrogens is 1. The van der Waals surface area contributed by atoms with Crippen LogP contribution >= 0.6 is 0 Å². The number of carboxylic acid groups (broad SMARTS) is 1. The Balaban J connectivity index is 6.10. The van der Waals surface area contributed by atoms with Crippen LogP contribution in [0.25, 0.3) is 0 Å². The largest absolute Gasteiger partial charge is 0.544 e. The molecule has 0 spiro atoms. The first-order valence-electron chi connectivity index (χ1n) is 9.10. The third kappa shape index (κ3) is 5.56. The molecule has 0 aliphatic heterocycles. The summed E-state index contributed by atoms with van der Waals surface area (Å²) in [6, 6.07) is 0. The fourth-order valence-corrected chi connectivity index (χ4v) is 2.67. The van der Waals surface area contributed by atoms with E-state index in [0.29, 0.717) is 0 Å². The van der Waals surface area contributed by atoms with Gasteiger partial charge in [-0.3, -0.25) is 0 Å². The predicted molar refractivity (Wildman–Crippen MR) is 81.4 cm³/mol. The Morgan fingerprint density at radius 1 is 0.583 bits per heavy atom. The summed E-state index contributed by atoms with van der Waals surface area (Å²) in [7, 11) is 2.27. The van der Waals surface area contributed by atoms with Gasteiger partial charge in [-0.15, -0.1) is 0 Å². The van der Waals surface area contributed by atoms with Crippen LogP contribution < -0.4 is 5.11 Å². The smallest absolute Gasteiger partial charge is 0.460 e. The minimum atomic E-state index is -8.64. The number of hydrogen-bond donors (Lipinski definition) is 0. The second-order valence-electron chi connectivity index (χ2n) is 8.30. The molecule has 0 aromatic carbocycles. The van der Waals surface area contributed by atoms with E-state index in [9.17, 15) is 84.5 Å². The van der Waals surface area contributed by atoms with Crippen LogP contribution in [0, 0.1) is 0 Å². The zero-order chi connectivity index (χ0) is 29.6. The first-order valence-corrected chi connectivity index (χ1v) is 9.10. The lowest BCUT2D eigenvalue weighted by Crippen LogP contribution is -2.74. The van der Waals surface area contributed by atoms with Crippen molar-refractivity contribution in [1.29, 1.82) is 0 Å². The van der Waals surface area contributed by atoms with Crippen molar-refractivity contribution in [3.05, 3.63) is 0 Å². The maximum atomic E-state index is 13.7. The number of unbranched alkanes of at least 4 members (excludes halogenated alkanes) is 1. The highest BCUT2D eigenvalue weighted by atomic mass is 19.4. The van der Waals surface area contributed by atoms with Crippen molar-refractivity contribution in [1.82, 2.24) is 0 Å². The molecule has 0 aliphatic rings.